The van der Waals surface area contributed by atoms with Gasteiger partial charge in [0, 0.05) is 51.4 Å². The van der Waals surface area contributed by atoms with E-state index in [4.69, 9.17) is 5.10 Å². The topological polar surface area (TPSA) is 41.4 Å². The van der Waals surface area contributed by atoms with Gasteiger partial charge in [0.05, 0.1) is 6.54 Å². The van der Waals surface area contributed by atoms with E-state index in [9.17, 15) is 4.79 Å². The Morgan fingerprint density at radius 2 is 1.66 bits per heavy atom. The van der Waals surface area contributed by atoms with Gasteiger partial charge in [-0.15, -0.1) is 0 Å². The van der Waals surface area contributed by atoms with Crippen molar-refractivity contribution < 1.29 is 4.79 Å². The summed E-state index contributed by atoms with van der Waals surface area (Å²) < 4.78 is 2.04. The SMILES string of the molecule is CN(C)C(=O)c1nn(Cc2ccccc2)c2c1CN(CCc1ccccc1)CC2. The van der Waals surface area contributed by atoms with Gasteiger partial charge >= 0.3 is 0 Å². The van der Waals surface area contributed by atoms with E-state index in [0.29, 0.717) is 12.2 Å². The summed E-state index contributed by atoms with van der Waals surface area (Å²) >= 11 is 0. The highest BCUT2D eigenvalue weighted by molar-refractivity contribution is 5.93. The predicted molar refractivity (Wildman–Crippen MR) is 115 cm³/mol. The molecule has 1 aliphatic rings. The van der Waals surface area contributed by atoms with Crippen LogP contribution in [0.15, 0.2) is 60.7 Å². The molecule has 0 fully saturated rings. The monoisotopic (exact) mass is 388 g/mol. The van der Waals surface area contributed by atoms with E-state index >= 15 is 0 Å². The number of hydrogen-bond acceptors (Lipinski definition) is 3. The number of rotatable bonds is 6. The van der Waals surface area contributed by atoms with Gasteiger partial charge in [-0.1, -0.05) is 60.7 Å². The summed E-state index contributed by atoms with van der Waals surface area (Å²) in [7, 11) is 3.59. The minimum atomic E-state index is -0.0158. The molecule has 0 aliphatic carbocycles. The Labute approximate surface area is 172 Å². The first kappa shape index (κ1) is 19.4. The second kappa shape index (κ2) is 8.62. The van der Waals surface area contributed by atoms with Crippen molar-refractivity contribution >= 4 is 5.91 Å². The van der Waals surface area contributed by atoms with Gasteiger partial charge in [-0.05, 0) is 17.5 Å². The smallest absolute Gasteiger partial charge is 0.274 e. The molecule has 150 valence electrons. The average Bonchev–Trinajstić information content (AvgIpc) is 3.10. The number of fused-ring (bicyclic) bond motifs is 1. The van der Waals surface area contributed by atoms with Crippen LogP contribution in [0.1, 0.15) is 32.9 Å². The Balaban J connectivity index is 1.56. The summed E-state index contributed by atoms with van der Waals surface area (Å²) in [5.74, 6) is -0.0158. The number of hydrogen-bond donors (Lipinski definition) is 0. The molecule has 0 radical (unpaired) electrons. The second-order valence-electron chi connectivity index (χ2n) is 7.88. The Morgan fingerprint density at radius 1 is 1.00 bits per heavy atom. The van der Waals surface area contributed by atoms with Crippen LogP contribution in [0.25, 0.3) is 0 Å². The van der Waals surface area contributed by atoms with E-state index < -0.39 is 0 Å². The lowest BCUT2D eigenvalue weighted by atomic mass is 10.0. The second-order valence-corrected chi connectivity index (χ2v) is 7.88. The van der Waals surface area contributed by atoms with Crippen LogP contribution in [0, 0.1) is 0 Å². The molecule has 3 aromatic rings. The predicted octanol–water partition coefficient (Wildman–Crippen LogP) is 3.23. The zero-order valence-electron chi connectivity index (χ0n) is 17.2. The van der Waals surface area contributed by atoms with Gasteiger partial charge in [0.15, 0.2) is 5.69 Å². The van der Waals surface area contributed by atoms with Crippen molar-refractivity contribution in [1.82, 2.24) is 19.6 Å². The Kier molecular flexibility index (Phi) is 5.76. The van der Waals surface area contributed by atoms with E-state index in [1.807, 2.05) is 22.9 Å². The van der Waals surface area contributed by atoms with Gasteiger partial charge < -0.3 is 4.90 Å². The number of benzene rings is 2. The first-order valence-corrected chi connectivity index (χ1v) is 10.2. The number of nitrogens with zero attached hydrogens (tertiary/aromatic N) is 4. The lowest BCUT2D eigenvalue weighted by molar-refractivity contribution is 0.0818. The highest BCUT2D eigenvalue weighted by atomic mass is 16.2. The summed E-state index contributed by atoms with van der Waals surface area (Å²) in [5, 5.41) is 4.76. The molecule has 0 N–H and O–H groups in total. The van der Waals surface area contributed by atoms with Crippen molar-refractivity contribution in [3.05, 3.63) is 88.7 Å². The normalized spacial score (nSPS) is 13.9. The third-order valence-electron chi connectivity index (χ3n) is 5.56. The number of carbonyl (C=O) groups excluding carboxylic acids is 1. The van der Waals surface area contributed by atoms with Gasteiger partial charge in [-0.2, -0.15) is 5.10 Å². The maximum absolute atomic E-state index is 12.8. The number of aromatic nitrogens is 2. The molecule has 4 rings (SSSR count). The zero-order valence-corrected chi connectivity index (χ0v) is 17.2. The summed E-state index contributed by atoms with van der Waals surface area (Å²) in [5.41, 5.74) is 5.45. The van der Waals surface area contributed by atoms with Gasteiger partial charge in [-0.25, -0.2) is 0 Å². The molecule has 5 heteroatoms. The molecule has 1 aliphatic heterocycles. The number of carbonyl (C=O) groups is 1. The fourth-order valence-corrected chi connectivity index (χ4v) is 3.94. The molecule has 0 saturated heterocycles. The molecule has 1 amide bonds. The molecular formula is C24H28N4O. The highest BCUT2D eigenvalue weighted by Gasteiger charge is 2.28. The molecule has 0 spiro atoms. The van der Waals surface area contributed by atoms with Crippen LogP contribution in [0.3, 0.4) is 0 Å². The molecule has 0 unspecified atom stereocenters. The molecule has 29 heavy (non-hydrogen) atoms. The van der Waals surface area contributed by atoms with E-state index in [-0.39, 0.29) is 5.91 Å². The third kappa shape index (κ3) is 4.40. The summed E-state index contributed by atoms with van der Waals surface area (Å²) in [4.78, 5) is 16.9. The van der Waals surface area contributed by atoms with Crippen molar-refractivity contribution in [3.8, 4) is 0 Å². The van der Waals surface area contributed by atoms with E-state index in [2.05, 4.69) is 47.4 Å². The molecule has 5 nitrogen and oxygen atoms in total. The van der Waals surface area contributed by atoms with Crippen molar-refractivity contribution in [1.29, 1.82) is 0 Å². The van der Waals surface area contributed by atoms with E-state index in [0.717, 1.165) is 38.0 Å². The van der Waals surface area contributed by atoms with Crippen LogP contribution in [0.2, 0.25) is 0 Å². The van der Waals surface area contributed by atoms with Crippen molar-refractivity contribution in [2.75, 3.05) is 27.2 Å². The maximum Gasteiger partial charge on any atom is 0.274 e. The minimum Gasteiger partial charge on any atom is -0.343 e. The van der Waals surface area contributed by atoms with Gasteiger partial charge in [0.2, 0.25) is 0 Å². The molecule has 0 atom stereocenters. The lowest BCUT2D eigenvalue weighted by Crippen LogP contribution is -2.34. The molecule has 2 aromatic carbocycles. The summed E-state index contributed by atoms with van der Waals surface area (Å²) in [6.07, 6.45) is 1.94. The van der Waals surface area contributed by atoms with Crippen molar-refractivity contribution in [2.24, 2.45) is 0 Å². The van der Waals surface area contributed by atoms with Crippen LogP contribution >= 0.6 is 0 Å². The quantitative estimate of drug-likeness (QED) is 0.651. The fraction of sp³-hybridized carbons (Fsp3) is 0.333. The Morgan fingerprint density at radius 3 is 2.31 bits per heavy atom. The Bertz CT molecular complexity index is 963. The van der Waals surface area contributed by atoms with Crippen molar-refractivity contribution in [2.45, 2.75) is 25.9 Å². The van der Waals surface area contributed by atoms with Gasteiger partial charge in [-0.3, -0.25) is 14.4 Å². The van der Waals surface area contributed by atoms with Crippen LogP contribution in [-0.2, 0) is 25.9 Å². The van der Waals surface area contributed by atoms with E-state index in [1.165, 1.54) is 16.8 Å². The molecule has 2 heterocycles. The summed E-state index contributed by atoms with van der Waals surface area (Å²) in [6.45, 7) is 3.47. The largest absolute Gasteiger partial charge is 0.343 e. The number of amides is 1. The average molecular weight is 389 g/mol. The van der Waals surface area contributed by atoms with Crippen LogP contribution in [-0.4, -0.2) is 52.7 Å². The van der Waals surface area contributed by atoms with Crippen LogP contribution in [0.4, 0.5) is 0 Å². The maximum atomic E-state index is 12.8. The Hall–Kier alpha value is -2.92. The van der Waals surface area contributed by atoms with Crippen molar-refractivity contribution in [3.63, 3.8) is 0 Å². The first-order chi connectivity index (χ1) is 14.1. The summed E-state index contributed by atoms with van der Waals surface area (Å²) in [6, 6.07) is 20.9. The molecule has 0 saturated carbocycles. The molecule has 0 bridgehead atoms. The van der Waals surface area contributed by atoms with Gasteiger partial charge in [0.1, 0.15) is 0 Å². The standard InChI is InChI=1S/C24H28N4O/c1-26(2)24(29)23-21-18-27(15-13-19-9-5-3-6-10-19)16-14-22(21)28(25-23)17-20-11-7-4-8-12-20/h3-12H,13-18H2,1-2H3. The first-order valence-electron chi connectivity index (χ1n) is 10.2. The van der Waals surface area contributed by atoms with Crippen LogP contribution < -0.4 is 0 Å². The highest BCUT2D eigenvalue weighted by Crippen LogP contribution is 2.24. The molecular weight excluding hydrogens is 360 g/mol. The lowest BCUT2D eigenvalue weighted by Gasteiger charge is -2.28. The third-order valence-corrected chi connectivity index (χ3v) is 5.56. The fourth-order valence-electron chi connectivity index (χ4n) is 3.94. The van der Waals surface area contributed by atoms with E-state index in [1.54, 1.807) is 19.0 Å². The minimum absolute atomic E-state index is 0.0158. The van der Waals surface area contributed by atoms with Crippen LogP contribution in [0.5, 0.6) is 0 Å². The van der Waals surface area contributed by atoms with Gasteiger partial charge in [0.25, 0.3) is 5.91 Å². The molecule has 1 aromatic heterocycles. The zero-order chi connectivity index (χ0) is 20.2.